The van der Waals surface area contributed by atoms with Crippen LogP contribution in [-0.2, 0) is 24.9 Å². The van der Waals surface area contributed by atoms with Crippen LogP contribution in [0.5, 0.6) is 0 Å². The van der Waals surface area contributed by atoms with Crippen molar-refractivity contribution >= 4 is 7.51 Å². The van der Waals surface area contributed by atoms with Crippen LogP contribution in [0.2, 0.25) is 4.43 Å². The Kier molecular flexibility index (Phi) is 6.28. The molecule has 0 amide bonds. The van der Waals surface area contributed by atoms with Crippen LogP contribution in [0.3, 0.4) is 0 Å². The normalized spacial score (nSPS) is 12.5. The average molecular weight is 393 g/mol. The molecule has 0 aromatic rings. The first kappa shape index (κ1) is 14.0. The second-order valence-corrected chi connectivity index (χ2v) is 13.0. The molecule has 0 saturated carbocycles. The number of rotatable bonds is 4. The molecule has 76 valence electrons. The summed E-state index contributed by atoms with van der Waals surface area (Å²) < 4.78 is 14.1. The van der Waals surface area contributed by atoms with Gasteiger partial charge in [-0.05, 0) is 0 Å². The topological polar surface area (TPSA) is 22.1 Å². The van der Waals surface area contributed by atoms with E-state index in [1.165, 1.54) is 0 Å². The van der Waals surface area contributed by atoms with Crippen molar-refractivity contribution in [2.45, 2.75) is 4.43 Å². The molecule has 13 heavy (non-hydrogen) atoms. The number of nitrogens with zero attached hydrogens (tertiary/aromatic N) is 4. The van der Waals surface area contributed by atoms with Crippen LogP contribution in [0, 0.1) is 0 Å². The zero-order valence-corrected chi connectivity index (χ0v) is 16.3. The fourth-order valence-corrected chi connectivity index (χ4v) is 18.2. The van der Waals surface area contributed by atoms with Crippen LogP contribution in [-0.4, -0.2) is 56.3 Å². The Morgan fingerprint density at radius 2 is 1.15 bits per heavy atom. The van der Waals surface area contributed by atoms with E-state index in [9.17, 15) is 0 Å². The Balaban J connectivity index is 5.20. The maximum absolute atomic E-state index is 4.97. The van der Waals surface area contributed by atoms with Gasteiger partial charge in [0.15, 0.2) is 0 Å². The summed E-state index contributed by atoms with van der Waals surface area (Å²) in [6, 6.07) is 0. The van der Waals surface area contributed by atoms with Gasteiger partial charge in [-0.1, -0.05) is 0 Å². The van der Waals surface area contributed by atoms with E-state index in [-0.39, 0.29) is 0 Å². The number of hydrogen-bond donors (Lipinski definition) is 0. The molecule has 0 unspecified atom stereocenters. The third-order valence-corrected chi connectivity index (χ3v) is 13.5. The Morgan fingerprint density at radius 3 is 1.23 bits per heavy atom. The Labute approximate surface area is 95.4 Å². The Hall–Kier alpha value is 1.05. The molecule has 0 N–H and O–H groups in total. The van der Waals surface area contributed by atoms with E-state index in [0.29, 0.717) is 0 Å². The van der Waals surface area contributed by atoms with Gasteiger partial charge in [0.05, 0.1) is 0 Å². The first-order valence-electron chi connectivity index (χ1n) is 4.51. The van der Waals surface area contributed by atoms with Gasteiger partial charge in [-0.15, -0.1) is 0 Å². The minimum absolute atomic E-state index is 0.949. The molecular weight excluding hydrogens is 372 g/mol. The van der Waals surface area contributed by atoms with Crippen LogP contribution in [0.25, 0.3) is 0 Å². The monoisotopic (exact) mass is 394 g/mol. The van der Waals surface area contributed by atoms with E-state index < -0.39 is 32.4 Å². The first-order valence-corrected chi connectivity index (χ1v) is 14.1. The third kappa shape index (κ3) is 3.00. The van der Waals surface area contributed by atoms with Gasteiger partial charge in [-0.2, -0.15) is 0 Å². The van der Waals surface area contributed by atoms with Crippen molar-refractivity contribution in [1.29, 1.82) is 0 Å². The van der Waals surface area contributed by atoms with Gasteiger partial charge in [-0.25, -0.2) is 0 Å². The van der Waals surface area contributed by atoms with E-state index in [1.54, 1.807) is 0 Å². The molecular formula is C7H21HgN4P. The predicted octanol–water partition coefficient (Wildman–Crippen LogP) is 1.66. The van der Waals surface area contributed by atoms with Crippen molar-refractivity contribution in [1.82, 2.24) is 14.0 Å². The molecule has 6 heteroatoms. The molecule has 0 aliphatic carbocycles. The zero-order chi connectivity index (χ0) is 10.6. The van der Waals surface area contributed by atoms with Gasteiger partial charge in [0, 0.05) is 0 Å². The molecule has 0 aromatic heterocycles. The molecule has 0 radical (unpaired) electrons. The van der Waals surface area contributed by atoms with Gasteiger partial charge in [0.1, 0.15) is 0 Å². The summed E-state index contributed by atoms with van der Waals surface area (Å²) in [5, 5.41) is 0. The third-order valence-electron chi connectivity index (χ3n) is 1.94. The second-order valence-electron chi connectivity index (χ2n) is 3.54. The van der Waals surface area contributed by atoms with E-state index >= 15 is 0 Å². The standard InChI is InChI=1S/C6H18N4P.CH3.Hg/c1-8(2)11(7,9(3)4)10(5)6;;/h1-6H3;1H3;/q-1;;+1. The minimum atomic E-state index is -1.49. The molecule has 4 nitrogen and oxygen atoms in total. The van der Waals surface area contributed by atoms with Crippen LogP contribution >= 0.6 is 7.51 Å². The predicted molar refractivity (Wildman–Crippen MR) is 56.3 cm³/mol. The second kappa shape index (κ2) is 5.81. The Bertz CT molecular complexity index is 174. The molecule has 0 bridgehead atoms. The van der Waals surface area contributed by atoms with Gasteiger partial charge in [-0.3, -0.25) is 0 Å². The summed E-state index contributed by atoms with van der Waals surface area (Å²) in [4.78, 5) is 0. The first-order chi connectivity index (χ1) is 5.89. The number of hydrogen-bond acceptors (Lipinski definition) is 1. The molecule has 0 rings (SSSR count). The molecule has 0 fully saturated rings. The van der Waals surface area contributed by atoms with E-state index in [2.05, 4.69) is 60.7 Å². The van der Waals surface area contributed by atoms with Crippen molar-refractivity contribution in [2.24, 2.45) is 2.51 Å². The van der Waals surface area contributed by atoms with Gasteiger partial charge in [0.25, 0.3) is 0 Å². The van der Waals surface area contributed by atoms with Gasteiger partial charge >= 0.3 is 95.6 Å². The van der Waals surface area contributed by atoms with E-state index in [0.717, 1.165) is 0 Å². The molecule has 0 aliphatic rings. The summed E-state index contributed by atoms with van der Waals surface area (Å²) in [6.07, 6.45) is 0. The van der Waals surface area contributed by atoms with Crippen molar-refractivity contribution < 1.29 is 24.9 Å². The van der Waals surface area contributed by atoms with Crippen molar-refractivity contribution in [3.63, 3.8) is 0 Å². The molecule has 0 atom stereocenters. The molecule has 0 saturated heterocycles. The summed E-state index contributed by atoms with van der Waals surface area (Å²) >= 11 is -0.949. The fraction of sp³-hybridized carbons (Fsp3) is 1.00. The Morgan fingerprint density at radius 1 is 0.846 bits per heavy atom. The van der Waals surface area contributed by atoms with Crippen molar-refractivity contribution in [3.8, 4) is 0 Å². The SMILES string of the molecule is [CH3][Hg][N]=P(N(C)C)(N(C)C)N(C)C. The molecule has 0 spiro atoms. The van der Waals surface area contributed by atoms with Crippen LogP contribution in [0.15, 0.2) is 2.51 Å². The average Bonchev–Trinajstić information content (AvgIpc) is 1.97. The zero-order valence-electron chi connectivity index (χ0n) is 9.94. The quantitative estimate of drug-likeness (QED) is 0.536. The van der Waals surface area contributed by atoms with Gasteiger partial charge in [0.2, 0.25) is 0 Å². The van der Waals surface area contributed by atoms with Crippen LogP contribution < -0.4 is 0 Å². The van der Waals surface area contributed by atoms with Crippen LogP contribution in [0.4, 0.5) is 0 Å². The summed E-state index contributed by atoms with van der Waals surface area (Å²) in [6.45, 7) is 0. The summed E-state index contributed by atoms with van der Waals surface area (Å²) in [5.74, 6) is 0. The maximum atomic E-state index is 4.97. The molecule has 0 aliphatic heterocycles. The fourth-order valence-electron chi connectivity index (χ4n) is 1.64. The van der Waals surface area contributed by atoms with E-state index in [4.69, 9.17) is 2.51 Å². The summed E-state index contributed by atoms with van der Waals surface area (Å²) in [5.41, 5.74) is 0. The van der Waals surface area contributed by atoms with Gasteiger partial charge < -0.3 is 0 Å². The van der Waals surface area contributed by atoms with Crippen LogP contribution in [0.1, 0.15) is 0 Å². The van der Waals surface area contributed by atoms with Crippen molar-refractivity contribution in [3.05, 3.63) is 0 Å². The molecule has 0 heterocycles. The van der Waals surface area contributed by atoms with Crippen molar-refractivity contribution in [2.75, 3.05) is 42.3 Å². The molecule has 0 aromatic carbocycles. The van der Waals surface area contributed by atoms with E-state index in [1.807, 2.05) is 0 Å². The summed E-state index contributed by atoms with van der Waals surface area (Å²) in [7, 11) is 11.3.